The Morgan fingerprint density at radius 3 is 2.53 bits per heavy atom. The lowest BCUT2D eigenvalue weighted by atomic mass is 9.81. The van der Waals surface area contributed by atoms with E-state index >= 15 is 0 Å². The first-order valence-electron chi connectivity index (χ1n) is 5.22. The first-order valence-corrected chi connectivity index (χ1v) is 6.08. The van der Waals surface area contributed by atoms with Crippen LogP contribution in [0.5, 0.6) is 0 Å². The number of carbonyl (C=O) groups excluding carboxylic acids is 1. The molecule has 0 bridgehead atoms. The topological polar surface area (TPSA) is 40.9 Å². The molecule has 1 unspecified atom stereocenters. The molecule has 0 radical (unpaired) electrons. The lowest BCUT2D eigenvalue weighted by Crippen LogP contribution is -2.25. The summed E-state index contributed by atoms with van der Waals surface area (Å²) in [5.41, 5.74) is 0.0629. The Bertz CT molecular complexity index is 464. The fourth-order valence-corrected chi connectivity index (χ4v) is 1.88. The van der Waals surface area contributed by atoms with Gasteiger partial charge in [0.1, 0.15) is 0 Å². The third-order valence-corrected chi connectivity index (χ3v) is 3.53. The van der Waals surface area contributed by atoms with Crippen LogP contribution in [0.25, 0.3) is 0 Å². The van der Waals surface area contributed by atoms with Gasteiger partial charge in [0.25, 0.3) is 0 Å². The molecule has 0 aliphatic carbocycles. The number of benzene rings is 1. The number of thiol groups is 1. The second-order valence-corrected chi connectivity index (χ2v) is 4.94. The lowest BCUT2D eigenvalue weighted by Gasteiger charge is -2.22. The molecule has 17 heavy (non-hydrogen) atoms. The number of carbonyl (C=O) groups is 1. The summed E-state index contributed by atoms with van der Waals surface area (Å²) in [7, 11) is 0. The molecule has 88 valence electrons. The van der Waals surface area contributed by atoms with Crippen LogP contribution in [0.2, 0.25) is 0 Å². The van der Waals surface area contributed by atoms with Crippen molar-refractivity contribution in [2.24, 2.45) is 5.41 Å². The Hall–Kier alpha value is -1.18. The van der Waals surface area contributed by atoms with Gasteiger partial charge in [-0.1, -0.05) is 42.5 Å². The number of thiocarbonyl (C=S) groups is 1. The zero-order valence-electron chi connectivity index (χ0n) is 9.51. The van der Waals surface area contributed by atoms with Crippen LogP contribution in [0.4, 0.5) is 0 Å². The molecule has 0 amide bonds. The van der Waals surface area contributed by atoms with Gasteiger partial charge in [-0.2, -0.15) is 5.26 Å². The molecule has 0 aliphatic heterocycles. The normalized spacial score (nSPS) is 13.5. The van der Waals surface area contributed by atoms with Gasteiger partial charge in [0, 0.05) is 11.3 Å². The molecule has 1 atom stereocenters. The Morgan fingerprint density at radius 2 is 2.06 bits per heavy atom. The average Bonchev–Trinajstić information content (AvgIpc) is 2.36. The Morgan fingerprint density at radius 1 is 1.47 bits per heavy atom. The van der Waals surface area contributed by atoms with E-state index in [4.69, 9.17) is 12.2 Å². The van der Waals surface area contributed by atoms with Crippen LogP contribution in [-0.2, 0) is 4.79 Å². The summed E-state index contributed by atoms with van der Waals surface area (Å²) in [4.78, 5) is 11.5. The minimum atomic E-state index is -0.797. The Kier molecular flexibility index (Phi) is 4.86. The molecule has 0 saturated carbocycles. The molecule has 0 heterocycles. The van der Waals surface area contributed by atoms with E-state index in [-0.39, 0.29) is 11.5 Å². The summed E-state index contributed by atoms with van der Waals surface area (Å²) < 4.78 is 0. The lowest BCUT2D eigenvalue weighted by molar-refractivity contribution is -0.111. The monoisotopic (exact) mass is 263 g/mol. The number of nitrogens with zero attached hydrogens (tertiary/aromatic N) is 1. The SMILES string of the molecule is CC(C#N)(CCC(=O)S)C(=S)c1ccccc1. The van der Waals surface area contributed by atoms with E-state index in [0.29, 0.717) is 11.3 Å². The van der Waals surface area contributed by atoms with Gasteiger partial charge in [0.2, 0.25) is 0 Å². The fraction of sp³-hybridized carbons (Fsp3) is 0.308. The van der Waals surface area contributed by atoms with Crippen LogP contribution in [0.1, 0.15) is 25.3 Å². The van der Waals surface area contributed by atoms with E-state index in [2.05, 4.69) is 18.7 Å². The van der Waals surface area contributed by atoms with E-state index in [9.17, 15) is 10.1 Å². The molecule has 0 spiro atoms. The molecule has 0 aliphatic rings. The van der Waals surface area contributed by atoms with Crippen molar-refractivity contribution in [1.82, 2.24) is 0 Å². The summed E-state index contributed by atoms with van der Waals surface area (Å²) in [5, 5.41) is 9.04. The van der Waals surface area contributed by atoms with Gasteiger partial charge < -0.3 is 0 Å². The van der Waals surface area contributed by atoms with Gasteiger partial charge in [-0.05, 0) is 18.9 Å². The van der Waals surface area contributed by atoms with Gasteiger partial charge in [0.15, 0.2) is 5.12 Å². The van der Waals surface area contributed by atoms with Gasteiger partial charge in [-0.15, -0.1) is 12.6 Å². The van der Waals surface area contributed by atoms with Gasteiger partial charge in [-0.3, -0.25) is 4.79 Å². The molecule has 0 N–H and O–H groups in total. The van der Waals surface area contributed by atoms with Crippen molar-refractivity contribution in [3.63, 3.8) is 0 Å². The first-order chi connectivity index (χ1) is 7.99. The zero-order valence-corrected chi connectivity index (χ0v) is 11.2. The molecule has 2 nitrogen and oxygen atoms in total. The predicted octanol–water partition coefficient (Wildman–Crippen LogP) is 3.17. The van der Waals surface area contributed by atoms with Crippen molar-refractivity contribution in [3.05, 3.63) is 35.9 Å². The first kappa shape index (κ1) is 13.9. The summed E-state index contributed by atoms with van der Waals surface area (Å²) in [5.74, 6) is 0. The number of rotatable bonds is 5. The molecular formula is C13H13NOS2. The van der Waals surface area contributed by atoms with E-state index < -0.39 is 5.41 Å². The number of nitriles is 1. The highest BCUT2D eigenvalue weighted by molar-refractivity contribution is 7.96. The van der Waals surface area contributed by atoms with Crippen LogP contribution in [0.3, 0.4) is 0 Å². The maximum Gasteiger partial charge on any atom is 0.185 e. The van der Waals surface area contributed by atoms with E-state index in [0.717, 1.165) is 5.56 Å². The van der Waals surface area contributed by atoms with Crippen LogP contribution >= 0.6 is 24.8 Å². The van der Waals surface area contributed by atoms with Gasteiger partial charge in [-0.25, -0.2) is 0 Å². The summed E-state index contributed by atoms with van der Waals surface area (Å²) in [6.07, 6.45) is 0.652. The van der Waals surface area contributed by atoms with Crippen LogP contribution in [0.15, 0.2) is 30.3 Å². The predicted molar refractivity (Wildman–Crippen MR) is 75.1 cm³/mol. The molecule has 0 fully saturated rings. The highest BCUT2D eigenvalue weighted by Gasteiger charge is 2.30. The average molecular weight is 263 g/mol. The van der Waals surface area contributed by atoms with Crippen LogP contribution < -0.4 is 0 Å². The summed E-state index contributed by atoms with van der Waals surface area (Å²) >= 11 is 9.06. The quantitative estimate of drug-likeness (QED) is 0.504. The molecule has 1 rings (SSSR count). The minimum absolute atomic E-state index is 0.220. The summed E-state index contributed by atoms with van der Waals surface area (Å²) in [6, 6.07) is 11.6. The molecule has 1 aromatic rings. The van der Waals surface area contributed by atoms with Crippen molar-refractivity contribution in [1.29, 1.82) is 5.26 Å². The minimum Gasteiger partial charge on any atom is -0.288 e. The van der Waals surface area contributed by atoms with Crippen molar-refractivity contribution in [2.75, 3.05) is 0 Å². The molecular weight excluding hydrogens is 250 g/mol. The number of hydrogen-bond acceptors (Lipinski definition) is 3. The molecule has 0 saturated heterocycles. The van der Waals surface area contributed by atoms with E-state index in [1.807, 2.05) is 30.3 Å². The van der Waals surface area contributed by atoms with Crippen LogP contribution in [-0.4, -0.2) is 9.98 Å². The fourth-order valence-electron chi connectivity index (χ4n) is 1.49. The molecule has 4 heteroatoms. The zero-order chi connectivity index (χ0) is 12.9. The third kappa shape index (κ3) is 3.65. The highest BCUT2D eigenvalue weighted by atomic mass is 32.1. The standard InChI is InChI=1S/C13H13NOS2/c1-13(9-14,8-7-11(15)16)12(17)10-5-3-2-4-6-10/h2-6H,7-8H2,1H3,(H,15,16). The largest absolute Gasteiger partial charge is 0.288 e. The maximum absolute atomic E-state index is 10.9. The van der Waals surface area contributed by atoms with Gasteiger partial charge in [0.05, 0.1) is 11.5 Å². The van der Waals surface area contributed by atoms with Gasteiger partial charge >= 0.3 is 0 Å². The summed E-state index contributed by atoms with van der Waals surface area (Å²) in [6.45, 7) is 1.76. The van der Waals surface area contributed by atoms with E-state index in [1.165, 1.54) is 0 Å². The second-order valence-electron chi connectivity index (χ2n) is 4.03. The van der Waals surface area contributed by atoms with Crippen molar-refractivity contribution in [2.45, 2.75) is 19.8 Å². The smallest absolute Gasteiger partial charge is 0.185 e. The van der Waals surface area contributed by atoms with Crippen molar-refractivity contribution < 1.29 is 4.79 Å². The number of hydrogen-bond donors (Lipinski definition) is 1. The maximum atomic E-state index is 10.9. The highest BCUT2D eigenvalue weighted by Crippen LogP contribution is 2.28. The van der Waals surface area contributed by atoms with Crippen molar-refractivity contribution >= 4 is 34.8 Å². The Labute approximate surface area is 112 Å². The van der Waals surface area contributed by atoms with Crippen molar-refractivity contribution in [3.8, 4) is 6.07 Å². The molecule has 0 aromatic heterocycles. The second kappa shape index (κ2) is 5.95. The molecule has 1 aromatic carbocycles. The van der Waals surface area contributed by atoms with E-state index in [1.54, 1.807) is 6.92 Å². The Balaban J connectivity index is 2.91. The third-order valence-electron chi connectivity index (χ3n) is 2.62. The van der Waals surface area contributed by atoms with Crippen LogP contribution in [0, 0.1) is 16.7 Å².